The van der Waals surface area contributed by atoms with Crippen molar-refractivity contribution in [1.82, 2.24) is 25.0 Å². The SMILES string of the molecule is C[C@@H](N[C@@H]1CCc2ncnn2C1)C(=O)N1CCc2ccccc2C1. The van der Waals surface area contributed by atoms with Crippen LogP contribution in [-0.2, 0) is 30.7 Å². The van der Waals surface area contributed by atoms with E-state index in [1.807, 2.05) is 22.6 Å². The van der Waals surface area contributed by atoms with Gasteiger partial charge in [0.2, 0.25) is 5.91 Å². The smallest absolute Gasteiger partial charge is 0.239 e. The molecular weight excluding hydrogens is 302 g/mol. The van der Waals surface area contributed by atoms with Crippen molar-refractivity contribution in [3.05, 3.63) is 47.5 Å². The lowest BCUT2D eigenvalue weighted by molar-refractivity contribution is -0.134. The number of nitrogens with zero attached hydrogens (tertiary/aromatic N) is 4. The van der Waals surface area contributed by atoms with Crippen LogP contribution in [0.1, 0.15) is 30.3 Å². The number of aromatic nitrogens is 3. The minimum absolute atomic E-state index is 0.176. The number of carbonyl (C=O) groups excluding carboxylic acids is 1. The van der Waals surface area contributed by atoms with E-state index in [0.29, 0.717) is 0 Å². The Morgan fingerprint density at radius 2 is 2.12 bits per heavy atom. The van der Waals surface area contributed by atoms with Gasteiger partial charge in [-0.25, -0.2) is 9.67 Å². The Balaban J connectivity index is 1.37. The molecule has 0 spiro atoms. The van der Waals surface area contributed by atoms with Crippen LogP contribution >= 0.6 is 0 Å². The van der Waals surface area contributed by atoms with Crippen molar-refractivity contribution >= 4 is 5.91 Å². The van der Waals surface area contributed by atoms with Gasteiger partial charge in [-0.1, -0.05) is 24.3 Å². The van der Waals surface area contributed by atoms with Crippen LogP contribution in [0.3, 0.4) is 0 Å². The Labute approximate surface area is 141 Å². The Bertz CT molecular complexity index is 741. The van der Waals surface area contributed by atoms with E-state index in [-0.39, 0.29) is 18.0 Å². The van der Waals surface area contributed by atoms with Crippen LogP contribution in [0.25, 0.3) is 0 Å². The minimum atomic E-state index is -0.176. The first-order valence-corrected chi connectivity index (χ1v) is 8.69. The maximum Gasteiger partial charge on any atom is 0.239 e. The highest BCUT2D eigenvalue weighted by atomic mass is 16.2. The van der Waals surface area contributed by atoms with Crippen LogP contribution in [0.5, 0.6) is 0 Å². The van der Waals surface area contributed by atoms with Crippen LogP contribution in [0.2, 0.25) is 0 Å². The van der Waals surface area contributed by atoms with E-state index in [2.05, 4.69) is 33.6 Å². The molecule has 0 fully saturated rings. The predicted molar refractivity (Wildman–Crippen MR) is 90.3 cm³/mol. The van der Waals surface area contributed by atoms with Gasteiger partial charge in [0.25, 0.3) is 0 Å². The van der Waals surface area contributed by atoms with Crippen LogP contribution in [0.15, 0.2) is 30.6 Å². The first-order valence-electron chi connectivity index (χ1n) is 8.69. The average molecular weight is 325 g/mol. The van der Waals surface area contributed by atoms with Crippen LogP contribution in [0.4, 0.5) is 0 Å². The summed E-state index contributed by atoms with van der Waals surface area (Å²) in [7, 11) is 0. The molecule has 24 heavy (non-hydrogen) atoms. The summed E-state index contributed by atoms with van der Waals surface area (Å²) in [6, 6.07) is 8.51. The van der Waals surface area contributed by atoms with Gasteiger partial charge < -0.3 is 10.2 Å². The third-order valence-electron chi connectivity index (χ3n) is 5.10. The summed E-state index contributed by atoms with van der Waals surface area (Å²) >= 11 is 0. The minimum Gasteiger partial charge on any atom is -0.337 e. The Morgan fingerprint density at radius 1 is 1.29 bits per heavy atom. The molecule has 1 N–H and O–H groups in total. The fourth-order valence-corrected chi connectivity index (χ4v) is 3.76. The molecule has 4 rings (SSSR count). The molecule has 2 aromatic rings. The van der Waals surface area contributed by atoms with Crippen LogP contribution in [0, 0.1) is 0 Å². The van der Waals surface area contributed by atoms with E-state index in [9.17, 15) is 4.79 Å². The number of benzene rings is 1. The van der Waals surface area contributed by atoms with Crippen molar-refractivity contribution in [3.63, 3.8) is 0 Å². The monoisotopic (exact) mass is 325 g/mol. The fraction of sp³-hybridized carbons (Fsp3) is 0.500. The number of hydrogen-bond donors (Lipinski definition) is 1. The first kappa shape index (κ1) is 15.3. The lowest BCUT2D eigenvalue weighted by Gasteiger charge is -2.33. The zero-order valence-corrected chi connectivity index (χ0v) is 14.0. The van der Waals surface area contributed by atoms with Gasteiger partial charge in [0.15, 0.2) is 0 Å². The zero-order valence-electron chi connectivity index (χ0n) is 14.0. The number of nitrogens with one attached hydrogen (secondary N) is 1. The van der Waals surface area contributed by atoms with Gasteiger partial charge in [-0.05, 0) is 30.9 Å². The average Bonchev–Trinajstić information content (AvgIpc) is 3.08. The van der Waals surface area contributed by atoms with Gasteiger partial charge in [0, 0.05) is 25.6 Å². The van der Waals surface area contributed by atoms with Gasteiger partial charge in [0.05, 0.1) is 12.6 Å². The third kappa shape index (κ3) is 2.94. The zero-order chi connectivity index (χ0) is 16.5. The number of amides is 1. The second-order valence-electron chi connectivity index (χ2n) is 6.76. The number of carbonyl (C=O) groups is 1. The van der Waals surface area contributed by atoms with Crippen molar-refractivity contribution in [2.75, 3.05) is 6.54 Å². The van der Waals surface area contributed by atoms with E-state index in [0.717, 1.165) is 44.7 Å². The molecule has 126 valence electrons. The maximum atomic E-state index is 12.8. The molecule has 0 unspecified atom stereocenters. The van der Waals surface area contributed by atoms with E-state index >= 15 is 0 Å². The van der Waals surface area contributed by atoms with E-state index in [1.54, 1.807) is 6.33 Å². The molecule has 6 nitrogen and oxygen atoms in total. The van der Waals surface area contributed by atoms with E-state index in [4.69, 9.17) is 0 Å². The second kappa shape index (κ2) is 6.36. The topological polar surface area (TPSA) is 63.1 Å². The highest BCUT2D eigenvalue weighted by molar-refractivity contribution is 5.81. The number of aryl methyl sites for hydroxylation is 1. The molecule has 2 aliphatic heterocycles. The summed E-state index contributed by atoms with van der Waals surface area (Å²) in [5.74, 6) is 1.23. The number of hydrogen-bond acceptors (Lipinski definition) is 4. The predicted octanol–water partition coefficient (Wildman–Crippen LogP) is 1.16. The summed E-state index contributed by atoms with van der Waals surface area (Å²) in [6.07, 6.45) is 4.46. The third-order valence-corrected chi connectivity index (χ3v) is 5.10. The second-order valence-corrected chi connectivity index (χ2v) is 6.76. The van der Waals surface area contributed by atoms with Crippen molar-refractivity contribution in [1.29, 1.82) is 0 Å². The first-order chi connectivity index (χ1) is 11.7. The Hall–Kier alpha value is -2.21. The molecule has 3 heterocycles. The molecule has 1 aromatic heterocycles. The van der Waals surface area contributed by atoms with Crippen LogP contribution < -0.4 is 5.32 Å². The number of fused-ring (bicyclic) bond motifs is 2. The Kier molecular flexibility index (Phi) is 4.06. The molecule has 0 bridgehead atoms. The molecule has 0 radical (unpaired) electrons. The van der Waals surface area contributed by atoms with Crippen molar-refractivity contribution in [3.8, 4) is 0 Å². The summed E-state index contributed by atoms with van der Waals surface area (Å²) in [4.78, 5) is 19.0. The largest absolute Gasteiger partial charge is 0.337 e. The Morgan fingerprint density at radius 3 is 3.00 bits per heavy atom. The molecule has 1 amide bonds. The molecule has 0 saturated heterocycles. The van der Waals surface area contributed by atoms with Crippen LogP contribution in [-0.4, -0.2) is 44.2 Å². The molecule has 1 aromatic carbocycles. The van der Waals surface area contributed by atoms with Gasteiger partial charge in [-0.2, -0.15) is 5.10 Å². The van der Waals surface area contributed by atoms with Gasteiger partial charge in [0.1, 0.15) is 12.2 Å². The summed E-state index contributed by atoms with van der Waals surface area (Å²) in [6.45, 7) is 4.29. The molecule has 6 heteroatoms. The molecule has 0 saturated carbocycles. The highest BCUT2D eigenvalue weighted by Gasteiger charge is 2.27. The standard InChI is InChI=1S/C18H23N5O/c1-13(21-16-6-7-17-19-12-20-23(17)11-16)18(24)22-9-8-14-4-2-3-5-15(14)10-22/h2-5,12-13,16,21H,6-11H2,1H3/t13-,16-/m1/s1. The molecular formula is C18H23N5O. The lowest BCUT2D eigenvalue weighted by atomic mass is 9.99. The quantitative estimate of drug-likeness (QED) is 0.920. The van der Waals surface area contributed by atoms with Crippen molar-refractivity contribution in [2.24, 2.45) is 0 Å². The van der Waals surface area contributed by atoms with Crippen molar-refractivity contribution < 1.29 is 4.79 Å². The summed E-state index contributed by atoms with van der Waals surface area (Å²) in [5, 5.41) is 7.73. The van der Waals surface area contributed by atoms with Gasteiger partial charge >= 0.3 is 0 Å². The summed E-state index contributed by atoms with van der Waals surface area (Å²) < 4.78 is 1.94. The van der Waals surface area contributed by atoms with Gasteiger partial charge in [-0.15, -0.1) is 0 Å². The van der Waals surface area contributed by atoms with E-state index < -0.39 is 0 Å². The van der Waals surface area contributed by atoms with Crippen molar-refractivity contribution in [2.45, 2.75) is 51.4 Å². The maximum absolute atomic E-state index is 12.8. The normalized spacial score (nSPS) is 21.0. The molecule has 2 atom stereocenters. The lowest BCUT2D eigenvalue weighted by Crippen LogP contribution is -2.51. The molecule has 2 aliphatic rings. The number of rotatable bonds is 3. The van der Waals surface area contributed by atoms with Gasteiger partial charge in [-0.3, -0.25) is 4.79 Å². The fourth-order valence-electron chi connectivity index (χ4n) is 3.76. The van der Waals surface area contributed by atoms with E-state index in [1.165, 1.54) is 11.1 Å². The highest BCUT2D eigenvalue weighted by Crippen LogP contribution is 2.19. The molecule has 0 aliphatic carbocycles. The summed E-state index contributed by atoms with van der Waals surface area (Å²) in [5.41, 5.74) is 2.64.